The van der Waals surface area contributed by atoms with Crippen molar-refractivity contribution < 1.29 is 4.92 Å². The van der Waals surface area contributed by atoms with Gasteiger partial charge in [-0.3, -0.25) is 15.0 Å². The molecule has 0 saturated carbocycles. The third-order valence-corrected chi connectivity index (χ3v) is 4.75. The van der Waals surface area contributed by atoms with Crippen LogP contribution in [0.1, 0.15) is 31.9 Å². The van der Waals surface area contributed by atoms with Gasteiger partial charge in [-0.05, 0) is 11.5 Å². The van der Waals surface area contributed by atoms with Crippen molar-refractivity contribution in [3.8, 4) is 0 Å². The van der Waals surface area contributed by atoms with Gasteiger partial charge in [-0.2, -0.15) is 0 Å². The number of hydrogen-bond donors (Lipinski definition) is 1. The average Bonchev–Trinajstić information content (AvgIpc) is 2.89. The first-order valence-corrected chi connectivity index (χ1v) is 7.69. The van der Waals surface area contributed by atoms with Gasteiger partial charge in [-0.15, -0.1) is 0 Å². The van der Waals surface area contributed by atoms with Gasteiger partial charge in [0, 0.05) is 43.7 Å². The quantitative estimate of drug-likeness (QED) is 0.666. The minimum Gasteiger partial charge on any atom is -0.314 e. The summed E-state index contributed by atoms with van der Waals surface area (Å²) in [6.45, 7) is 8.44. The Morgan fingerprint density at radius 1 is 1.53 bits per heavy atom. The molecule has 1 aliphatic heterocycles. The number of nitrogens with one attached hydrogen (secondary N) is 1. The molecule has 1 N–H and O–H groups in total. The molecule has 5 nitrogen and oxygen atoms in total. The summed E-state index contributed by atoms with van der Waals surface area (Å²) in [7, 11) is 0. The van der Waals surface area contributed by atoms with Crippen LogP contribution in [0.3, 0.4) is 0 Å². The Bertz CT molecular complexity index is 429. The second-order valence-electron chi connectivity index (χ2n) is 5.09. The summed E-state index contributed by atoms with van der Waals surface area (Å²) in [5, 5.41) is 16.4. The monoisotopic (exact) mass is 283 g/mol. The van der Waals surface area contributed by atoms with Crippen molar-refractivity contribution in [2.75, 3.05) is 26.2 Å². The van der Waals surface area contributed by atoms with Crippen LogP contribution in [0.2, 0.25) is 0 Å². The Balaban J connectivity index is 2.22. The van der Waals surface area contributed by atoms with Gasteiger partial charge in [0.2, 0.25) is 0 Å². The van der Waals surface area contributed by atoms with E-state index in [0.29, 0.717) is 12.0 Å². The Morgan fingerprint density at radius 3 is 2.74 bits per heavy atom. The molecule has 2 rings (SSSR count). The van der Waals surface area contributed by atoms with Crippen LogP contribution >= 0.6 is 11.3 Å². The summed E-state index contributed by atoms with van der Waals surface area (Å²) < 4.78 is 0. The molecule has 2 atom stereocenters. The van der Waals surface area contributed by atoms with Crippen LogP contribution in [0.15, 0.2) is 11.4 Å². The van der Waals surface area contributed by atoms with Crippen LogP contribution in [0.5, 0.6) is 0 Å². The van der Waals surface area contributed by atoms with Crippen molar-refractivity contribution in [1.82, 2.24) is 10.2 Å². The van der Waals surface area contributed by atoms with Gasteiger partial charge in [-0.1, -0.05) is 31.6 Å². The van der Waals surface area contributed by atoms with E-state index in [1.165, 1.54) is 11.3 Å². The van der Waals surface area contributed by atoms with Gasteiger partial charge in [0.1, 0.15) is 0 Å². The second kappa shape index (κ2) is 6.45. The smallest absolute Gasteiger partial charge is 0.314 e. The first-order chi connectivity index (χ1) is 9.13. The van der Waals surface area contributed by atoms with Crippen LogP contribution < -0.4 is 5.32 Å². The topological polar surface area (TPSA) is 58.4 Å². The predicted octanol–water partition coefficient (Wildman–Crippen LogP) is 2.65. The molecule has 0 aliphatic carbocycles. The van der Waals surface area contributed by atoms with Crippen LogP contribution in [0.4, 0.5) is 5.00 Å². The van der Waals surface area contributed by atoms with Crippen LogP contribution in [-0.2, 0) is 0 Å². The molecule has 0 spiro atoms. The lowest BCUT2D eigenvalue weighted by molar-refractivity contribution is -0.380. The molecule has 0 bridgehead atoms. The molecule has 2 heterocycles. The molecule has 0 radical (unpaired) electrons. The molecular weight excluding hydrogens is 262 g/mol. The maximum absolute atomic E-state index is 10.8. The van der Waals surface area contributed by atoms with E-state index in [9.17, 15) is 10.1 Å². The van der Waals surface area contributed by atoms with Crippen molar-refractivity contribution in [2.24, 2.45) is 5.92 Å². The zero-order valence-electron chi connectivity index (χ0n) is 11.5. The molecule has 106 valence electrons. The van der Waals surface area contributed by atoms with Gasteiger partial charge >= 0.3 is 5.00 Å². The van der Waals surface area contributed by atoms with E-state index < -0.39 is 0 Å². The Hall–Kier alpha value is -0.980. The SMILES string of the molecule is CCC(C)[C@H](c1csc([N+](=O)[O-])c1)N1CCNCC1. The summed E-state index contributed by atoms with van der Waals surface area (Å²) in [4.78, 5) is 13.0. The number of piperazine rings is 1. The van der Waals surface area contributed by atoms with Gasteiger partial charge in [-0.25, -0.2) is 0 Å². The van der Waals surface area contributed by atoms with E-state index in [1.807, 2.05) is 5.38 Å². The number of rotatable bonds is 5. The Labute approximate surface area is 117 Å². The van der Waals surface area contributed by atoms with E-state index in [1.54, 1.807) is 6.07 Å². The lowest BCUT2D eigenvalue weighted by atomic mass is 9.92. The highest BCUT2D eigenvalue weighted by atomic mass is 32.1. The summed E-state index contributed by atoms with van der Waals surface area (Å²) in [5.74, 6) is 0.507. The maximum atomic E-state index is 10.8. The number of hydrogen-bond acceptors (Lipinski definition) is 5. The normalized spacial score (nSPS) is 20.1. The van der Waals surface area contributed by atoms with Crippen molar-refractivity contribution in [1.29, 1.82) is 0 Å². The van der Waals surface area contributed by atoms with Gasteiger partial charge in [0.25, 0.3) is 0 Å². The number of nitrogens with zero attached hydrogens (tertiary/aromatic N) is 2. The first-order valence-electron chi connectivity index (χ1n) is 6.81. The fourth-order valence-corrected chi connectivity index (χ4v) is 3.43. The fraction of sp³-hybridized carbons (Fsp3) is 0.692. The summed E-state index contributed by atoms with van der Waals surface area (Å²) >= 11 is 1.24. The molecule has 1 unspecified atom stereocenters. The fourth-order valence-electron chi connectivity index (χ4n) is 2.67. The highest BCUT2D eigenvalue weighted by Gasteiger charge is 2.28. The standard InChI is InChI=1S/C13H21N3O2S/c1-3-10(2)13(15-6-4-14-5-7-15)11-8-12(16(17)18)19-9-11/h8-10,13-14H,3-7H2,1-2H3/t10?,13-/m1/s1. The molecule has 1 aromatic heterocycles. The zero-order chi connectivity index (χ0) is 13.8. The highest BCUT2D eigenvalue weighted by molar-refractivity contribution is 7.13. The van der Waals surface area contributed by atoms with Crippen molar-refractivity contribution in [3.63, 3.8) is 0 Å². The summed E-state index contributed by atoms with van der Waals surface area (Å²) in [6, 6.07) is 2.06. The molecule has 6 heteroatoms. The highest BCUT2D eigenvalue weighted by Crippen LogP contribution is 2.35. The molecule has 1 aromatic rings. The van der Waals surface area contributed by atoms with Crippen LogP contribution in [0.25, 0.3) is 0 Å². The third kappa shape index (κ3) is 3.32. The van der Waals surface area contributed by atoms with Crippen molar-refractivity contribution in [2.45, 2.75) is 26.3 Å². The molecule has 0 amide bonds. The summed E-state index contributed by atoms with van der Waals surface area (Å²) in [6.07, 6.45) is 1.08. The van der Waals surface area contributed by atoms with E-state index >= 15 is 0 Å². The first kappa shape index (κ1) is 14.4. The second-order valence-corrected chi connectivity index (χ2v) is 5.98. The van der Waals surface area contributed by atoms with E-state index in [4.69, 9.17) is 0 Å². The van der Waals surface area contributed by atoms with Gasteiger partial charge in [0.05, 0.1) is 4.92 Å². The van der Waals surface area contributed by atoms with Crippen LogP contribution in [0, 0.1) is 16.0 Å². The van der Waals surface area contributed by atoms with Gasteiger partial charge < -0.3 is 5.32 Å². The zero-order valence-corrected chi connectivity index (χ0v) is 12.3. The van der Waals surface area contributed by atoms with Crippen molar-refractivity contribution >= 4 is 16.3 Å². The summed E-state index contributed by atoms with van der Waals surface area (Å²) in [5.41, 5.74) is 1.10. The minimum absolute atomic E-state index is 0.249. The maximum Gasteiger partial charge on any atom is 0.324 e. The minimum atomic E-state index is -0.292. The van der Waals surface area contributed by atoms with Crippen LogP contribution in [-0.4, -0.2) is 36.0 Å². The molecule has 0 aromatic carbocycles. The largest absolute Gasteiger partial charge is 0.324 e. The molecular formula is C13H21N3O2S. The lowest BCUT2D eigenvalue weighted by Crippen LogP contribution is -2.46. The molecule has 1 aliphatic rings. The molecule has 1 fully saturated rings. The Kier molecular flexibility index (Phi) is 4.90. The number of nitro groups is 1. The Morgan fingerprint density at radius 2 is 2.21 bits per heavy atom. The average molecular weight is 283 g/mol. The predicted molar refractivity (Wildman–Crippen MR) is 77.6 cm³/mol. The van der Waals surface area contributed by atoms with Crippen molar-refractivity contribution in [3.05, 3.63) is 27.1 Å². The van der Waals surface area contributed by atoms with E-state index in [-0.39, 0.29) is 9.92 Å². The van der Waals surface area contributed by atoms with E-state index in [2.05, 4.69) is 24.1 Å². The van der Waals surface area contributed by atoms with Gasteiger partial charge in [0.15, 0.2) is 0 Å². The lowest BCUT2D eigenvalue weighted by Gasteiger charge is -2.37. The third-order valence-electron chi connectivity index (χ3n) is 3.86. The molecule has 19 heavy (non-hydrogen) atoms. The van der Waals surface area contributed by atoms with E-state index in [0.717, 1.165) is 38.2 Å². The molecule has 1 saturated heterocycles. The number of thiophene rings is 1.